The molecule has 0 N–H and O–H groups in total. The third-order valence-electron chi connectivity index (χ3n) is 3.46. The van der Waals surface area contributed by atoms with Gasteiger partial charge in [0.15, 0.2) is 19.7 Å². The first-order valence-corrected chi connectivity index (χ1v) is 10.4. The van der Waals surface area contributed by atoms with Gasteiger partial charge in [-0.05, 0) is 11.1 Å². The maximum atomic E-state index is 12.4. The molecule has 0 radical (unpaired) electrons. The van der Waals surface area contributed by atoms with Gasteiger partial charge in [0.2, 0.25) is 0 Å². The molecule has 0 aliphatic carbocycles. The molecule has 0 aromatic heterocycles. The van der Waals surface area contributed by atoms with E-state index in [1.807, 2.05) is 0 Å². The van der Waals surface area contributed by atoms with E-state index < -0.39 is 29.5 Å². The van der Waals surface area contributed by atoms with Crippen LogP contribution in [0.15, 0.2) is 83.6 Å². The van der Waals surface area contributed by atoms with Crippen LogP contribution in [-0.2, 0) is 31.2 Å². The maximum absolute atomic E-state index is 12.4. The van der Waals surface area contributed by atoms with Crippen molar-refractivity contribution in [2.45, 2.75) is 11.5 Å². The monoisotopic (exact) mass is 362 g/mol. The summed E-state index contributed by atoms with van der Waals surface area (Å²) in [7, 11) is -7.72. The quantitative estimate of drug-likeness (QED) is 0.709. The molecular formula is C18H18O4S2. The Morgan fingerprint density at radius 1 is 0.625 bits per heavy atom. The molecule has 0 aliphatic heterocycles. The Bertz CT molecular complexity index is 861. The molecule has 0 bridgehead atoms. The SMILES string of the molecule is C=C(C(=C)S(=O)(=O)Cc1ccccc1)S(=O)(=O)Cc1ccccc1. The van der Waals surface area contributed by atoms with Gasteiger partial charge in [-0.2, -0.15) is 0 Å². The first-order valence-electron chi connectivity index (χ1n) is 7.14. The van der Waals surface area contributed by atoms with Crippen molar-refractivity contribution < 1.29 is 16.8 Å². The molecule has 0 fully saturated rings. The molecule has 2 rings (SSSR count). The van der Waals surface area contributed by atoms with Crippen LogP contribution in [0.1, 0.15) is 11.1 Å². The lowest BCUT2D eigenvalue weighted by Gasteiger charge is -2.12. The van der Waals surface area contributed by atoms with Crippen LogP contribution in [0.5, 0.6) is 0 Å². The van der Waals surface area contributed by atoms with Gasteiger partial charge in [0.25, 0.3) is 0 Å². The Morgan fingerprint density at radius 3 is 1.21 bits per heavy atom. The summed E-state index contributed by atoms with van der Waals surface area (Å²) in [6, 6.07) is 17.0. The van der Waals surface area contributed by atoms with Gasteiger partial charge in [-0.25, -0.2) is 16.8 Å². The fraction of sp³-hybridized carbons (Fsp3) is 0.111. The van der Waals surface area contributed by atoms with E-state index >= 15 is 0 Å². The molecule has 0 saturated carbocycles. The van der Waals surface area contributed by atoms with Crippen molar-refractivity contribution in [1.82, 2.24) is 0 Å². The summed E-state index contributed by atoms with van der Waals surface area (Å²) in [6.45, 7) is 6.93. The third kappa shape index (κ3) is 4.43. The number of hydrogen-bond donors (Lipinski definition) is 0. The summed E-state index contributed by atoms with van der Waals surface area (Å²) >= 11 is 0. The van der Waals surface area contributed by atoms with Crippen molar-refractivity contribution in [3.05, 3.63) is 94.8 Å². The van der Waals surface area contributed by atoms with Gasteiger partial charge in [-0.1, -0.05) is 73.8 Å². The smallest absolute Gasteiger partial charge is 0.183 e. The minimum Gasteiger partial charge on any atom is -0.223 e. The normalized spacial score (nSPS) is 11.8. The fourth-order valence-corrected chi connectivity index (χ4v) is 5.18. The lowest BCUT2D eigenvalue weighted by Crippen LogP contribution is -2.15. The van der Waals surface area contributed by atoms with Crippen LogP contribution in [0.25, 0.3) is 0 Å². The highest BCUT2D eigenvalue weighted by Crippen LogP contribution is 2.25. The minimum absolute atomic E-state index is 0.313. The van der Waals surface area contributed by atoms with E-state index in [1.165, 1.54) is 0 Å². The van der Waals surface area contributed by atoms with Crippen molar-refractivity contribution in [3.63, 3.8) is 0 Å². The van der Waals surface area contributed by atoms with E-state index in [4.69, 9.17) is 0 Å². The van der Waals surface area contributed by atoms with E-state index in [2.05, 4.69) is 13.2 Å². The molecule has 0 atom stereocenters. The topological polar surface area (TPSA) is 68.3 Å². The Kier molecular flexibility index (Phi) is 5.41. The van der Waals surface area contributed by atoms with Gasteiger partial charge in [0, 0.05) is 0 Å². The largest absolute Gasteiger partial charge is 0.223 e. The predicted molar refractivity (Wildman–Crippen MR) is 96.4 cm³/mol. The fourth-order valence-electron chi connectivity index (χ4n) is 2.11. The number of benzene rings is 2. The Morgan fingerprint density at radius 2 is 0.917 bits per heavy atom. The van der Waals surface area contributed by atoms with E-state index in [0.29, 0.717) is 11.1 Å². The number of rotatable bonds is 7. The highest BCUT2D eigenvalue weighted by molar-refractivity contribution is 7.99. The molecule has 0 aliphatic rings. The average Bonchev–Trinajstić information content (AvgIpc) is 2.54. The molecule has 4 nitrogen and oxygen atoms in total. The first-order chi connectivity index (χ1) is 11.2. The minimum atomic E-state index is -3.86. The zero-order valence-corrected chi connectivity index (χ0v) is 14.7. The summed E-state index contributed by atoms with van der Waals surface area (Å²) in [5.74, 6) is -0.626. The Labute approximate surface area is 143 Å². The maximum Gasteiger partial charge on any atom is 0.183 e. The summed E-state index contributed by atoms with van der Waals surface area (Å²) in [5, 5.41) is 0. The summed E-state index contributed by atoms with van der Waals surface area (Å²) in [6.07, 6.45) is 0. The molecule has 0 heterocycles. The van der Waals surface area contributed by atoms with E-state index in [0.717, 1.165) is 0 Å². The van der Waals surface area contributed by atoms with Gasteiger partial charge in [0.1, 0.15) is 0 Å². The lowest BCUT2D eigenvalue weighted by atomic mass is 10.2. The molecule has 0 amide bonds. The van der Waals surface area contributed by atoms with E-state index in [1.54, 1.807) is 60.7 Å². The van der Waals surface area contributed by atoms with Crippen molar-refractivity contribution in [2.24, 2.45) is 0 Å². The molecule has 24 heavy (non-hydrogen) atoms. The zero-order chi connectivity index (χ0) is 17.8. The van der Waals surface area contributed by atoms with Crippen LogP contribution in [0.3, 0.4) is 0 Å². The van der Waals surface area contributed by atoms with Gasteiger partial charge >= 0.3 is 0 Å². The van der Waals surface area contributed by atoms with Crippen LogP contribution < -0.4 is 0 Å². The third-order valence-corrected chi connectivity index (χ3v) is 7.01. The van der Waals surface area contributed by atoms with Gasteiger partial charge in [-0.15, -0.1) is 0 Å². The lowest BCUT2D eigenvalue weighted by molar-refractivity contribution is 0.596. The molecule has 0 saturated heterocycles. The van der Waals surface area contributed by atoms with Crippen LogP contribution in [-0.4, -0.2) is 16.8 Å². The van der Waals surface area contributed by atoms with Crippen LogP contribution in [0, 0.1) is 0 Å². The van der Waals surface area contributed by atoms with Crippen LogP contribution in [0.2, 0.25) is 0 Å². The second-order valence-corrected chi connectivity index (χ2v) is 9.36. The summed E-state index contributed by atoms with van der Waals surface area (Å²) < 4.78 is 49.7. The molecule has 2 aromatic carbocycles. The summed E-state index contributed by atoms with van der Waals surface area (Å²) in [5.41, 5.74) is 1.12. The molecule has 6 heteroatoms. The van der Waals surface area contributed by atoms with Crippen molar-refractivity contribution in [3.8, 4) is 0 Å². The number of hydrogen-bond acceptors (Lipinski definition) is 4. The van der Waals surface area contributed by atoms with E-state index in [-0.39, 0.29) is 11.5 Å². The average molecular weight is 362 g/mol. The standard InChI is InChI=1S/C18H18O4S2/c1-15(23(19,20)13-17-9-5-3-6-10-17)16(2)24(21,22)14-18-11-7-4-8-12-18/h3-12H,1-2,13-14H2. The molecule has 126 valence electrons. The highest BCUT2D eigenvalue weighted by Gasteiger charge is 2.27. The van der Waals surface area contributed by atoms with Gasteiger partial charge in [-0.3, -0.25) is 0 Å². The van der Waals surface area contributed by atoms with Crippen molar-refractivity contribution in [1.29, 1.82) is 0 Å². The van der Waals surface area contributed by atoms with E-state index in [9.17, 15) is 16.8 Å². The molecular weight excluding hydrogens is 344 g/mol. The Hall–Kier alpha value is -2.18. The predicted octanol–water partition coefficient (Wildman–Crippen LogP) is 3.24. The molecule has 0 spiro atoms. The van der Waals surface area contributed by atoms with Gasteiger partial charge < -0.3 is 0 Å². The second kappa shape index (κ2) is 7.15. The molecule has 2 aromatic rings. The zero-order valence-electron chi connectivity index (χ0n) is 13.1. The van der Waals surface area contributed by atoms with Crippen molar-refractivity contribution >= 4 is 19.7 Å². The first kappa shape index (κ1) is 18.2. The highest BCUT2D eigenvalue weighted by atomic mass is 32.2. The van der Waals surface area contributed by atoms with Crippen LogP contribution in [0.4, 0.5) is 0 Å². The van der Waals surface area contributed by atoms with Crippen molar-refractivity contribution in [2.75, 3.05) is 0 Å². The Balaban J connectivity index is 2.20. The number of sulfone groups is 2. The molecule has 0 unspecified atom stereocenters. The summed E-state index contributed by atoms with van der Waals surface area (Å²) in [4.78, 5) is -0.912. The second-order valence-electron chi connectivity index (χ2n) is 5.34. The van der Waals surface area contributed by atoms with Crippen LogP contribution >= 0.6 is 0 Å². The van der Waals surface area contributed by atoms with Gasteiger partial charge in [0.05, 0.1) is 21.3 Å².